The first kappa shape index (κ1) is 27.8. The number of carbonyl (C=O) groups is 1. The predicted octanol–water partition coefficient (Wildman–Crippen LogP) is 4.68. The lowest BCUT2D eigenvalue weighted by atomic mass is 10.2. The Hall–Kier alpha value is -4.26. The summed E-state index contributed by atoms with van der Waals surface area (Å²) in [4.78, 5) is 20.9. The van der Waals surface area contributed by atoms with E-state index in [1.165, 1.54) is 42.2 Å². The van der Waals surface area contributed by atoms with Crippen molar-refractivity contribution in [3.05, 3.63) is 104 Å². The van der Waals surface area contributed by atoms with E-state index in [4.69, 9.17) is 0 Å². The normalized spacial score (nSPS) is 10.9. The number of hydrogen-bond acceptors (Lipinski definition) is 8. The average Bonchev–Trinajstić information content (AvgIpc) is 3.37. The molecule has 0 saturated carbocycles. The SMILES string of the molecule is Cl.O=C(CSc1nnc(-c2cccnc2)n1-c1ccccc1)Nc1ccc(S(=O)(=O)Nc2ccccn2)cc1. The van der Waals surface area contributed by atoms with Gasteiger partial charge in [-0.2, -0.15) is 0 Å². The van der Waals surface area contributed by atoms with Crippen molar-refractivity contribution in [2.75, 3.05) is 15.8 Å². The van der Waals surface area contributed by atoms with Gasteiger partial charge in [0.05, 0.1) is 10.6 Å². The third-order valence-corrected chi connectivity index (χ3v) is 7.55. The van der Waals surface area contributed by atoms with Gasteiger partial charge in [0.15, 0.2) is 11.0 Å². The number of aromatic nitrogens is 5. The smallest absolute Gasteiger partial charge is 0.263 e. The van der Waals surface area contributed by atoms with Crippen molar-refractivity contribution in [2.45, 2.75) is 10.1 Å². The molecule has 0 aliphatic heterocycles. The van der Waals surface area contributed by atoms with Crippen LogP contribution in [0.15, 0.2) is 114 Å². The van der Waals surface area contributed by atoms with Gasteiger partial charge in [-0.1, -0.05) is 36.0 Å². The summed E-state index contributed by atoms with van der Waals surface area (Å²) in [5.41, 5.74) is 2.12. The minimum atomic E-state index is -3.81. The van der Waals surface area contributed by atoms with E-state index in [0.717, 1.165) is 11.3 Å². The summed E-state index contributed by atoms with van der Waals surface area (Å²) in [5, 5.41) is 12.0. The Labute approximate surface area is 235 Å². The van der Waals surface area contributed by atoms with Crippen LogP contribution in [0.25, 0.3) is 17.1 Å². The van der Waals surface area contributed by atoms with Gasteiger partial charge in [-0.15, -0.1) is 22.6 Å². The fourth-order valence-corrected chi connectivity index (χ4v) is 5.28. The number of anilines is 2. The number of hydrogen-bond donors (Lipinski definition) is 2. The molecule has 0 aliphatic carbocycles. The molecule has 1 amide bonds. The monoisotopic (exact) mass is 579 g/mol. The summed E-state index contributed by atoms with van der Waals surface area (Å²) in [6.07, 6.45) is 4.89. The maximum atomic E-state index is 12.7. The highest BCUT2D eigenvalue weighted by molar-refractivity contribution is 7.99. The number of thioether (sulfide) groups is 1. The molecule has 5 rings (SSSR count). The summed E-state index contributed by atoms with van der Waals surface area (Å²) >= 11 is 1.24. The number of pyridine rings is 2. The van der Waals surface area contributed by atoms with Crippen LogP contribution in [0.1, 0.15) is 0 Å². The van der Waals surface area contributed by atoms with Crippen molar-refractivity contribution in [1.29, 1.82) is 0 Å². The van der Waals surface area contributed by atoms with E-state index in [9.17, 15) is 13.2 Å². The zero-order chi connectivity index (χ0) is 26.4. The molecular weight excluding hydrogens is 558 g/mol. The van der Waals surface area contributed by atoms with Crippen LogP contribution in [0.2, 0.25) is 0 Å². The first-order valence-electron chi connectivity index (χ1n) is 11.4. The van der Waals surface area contributed by atoms with Gasteiger partial charge >= 0.3 is 0 Å². The van der Waals surface area contributed by atoms with Crippen molar-refractivity contribution in [2.24, 2.45) is 0 Å². The van der Waals surface area contributed by atoms with Crippen molar-refractivity contribution in [3.63, 3.8) is 0 Å². The van der Waals surface area contributed by atoms with Gasteiger partial charge in [-0.05, 0) is 60.7 Å². The van der Waals surface area contributed by atoms with Gasteiger partial charge in [-0.3, -0.25) is 19.1 Å². The van der Waals surface area contributed by atoms with Crippen LogP contribution in [0.4, 0.5) is 11.5 Å². The molecule has 0 saturated heterocycles. The third-order valence-electron chi connectivity index (χ3n) is 5.25. The Bertz CT molecular complexity index is 1640. The molecule has 13 heteroatoms. The summed E-state index contributed by atoms with van der Waals surface area (Å²) in [6.45, 7) is 0. The average molecular weight is 580 g/mol. The van der Waals surface area contributed by atoms with Crippen LogP contribution in [0.5, 0.6) is 0 Å². The van der Waals surface area contributed by atoms with Crippen LogP contribution in [-0.4, -0.2) is 44.8 Å². The van der Waals surface area contributed by atoms with Crippen molar-refractivity contribution in [3.8, 4) is 17.1 Å². The van der Waals surface area contributed by atoms with Gasteiger partial charge in [0, 0.05) is 35.5 Å². The Morgan fingerprint density at radius 3 is 2.33 bits per heavy atom. The Morgan fingerprint density at radius 1 is 0.872 bits per heavy atom. The van der Waals surface area contributed by atoms with E-state index < -0.39 is 10.0 Å². The highest BCUT2D eigenvalue weighted by Gasteiger charge is 2.18. The molecule has 5 aromatic rings. The Kier molecular flexibility index (Phi) is 8.92. The fraction of sp³-hybridized carbons (Fsp3) is 0.0385. The molecule has 3 aromatic heterocycles. The minimum absolute atomic E-state index is 0. The zero-order valence-corrected chi connectivity index (χ0v) is 22.7. The number of amides is 1. The number of halogens is 1. The standard InChI is InChI=1S/C26H21N7O3S2.ClH/c34-24(29-20-11-13-22(14-12-20)38(35,36)32-23-10-4-5-16-28-23)18-37-26-31-30-25(19-7-6-15-27-17-19)33(26)21-8-2-1-3-9-21;/h1-17H,18H2,(H,28,32)(H,29,34);1H. The maximum absolute atomic E-state index is 12.7. The number of carbonyl (C=O) groups excluding carboxylic acids is 1. The molecule has 39 heavy (non-hydrogen) atoms. The lowest BCUT2D eigenvalue weighted by Crippen LogP contribution is -2.16. The molecule has 0 aliphatic rings. The van der Waals surface area contributed by atoms with Crippen molar-refractivity contribution in [1.82, 2.24) is 24.7 Å². The summed E-state index contributed by atoms with van der Waals surface area (Å²) in [7, 11) is -3.81. The van der Waals surface area contributed by atoms with E-state index >= 15 is 0 Å². The number of benzene rings is 2. The molecular formula is C26H22ClN7O3S2. The molecule has 0 radical (unpaired) electrons. The van der Waals surface area contributed by atoms with Gasteiger partial charge < -0.3 is 5.32 Å². The Balaban J connectivity index is 0.00000353. The van der Waals surface area contributed by atoms with Gasteiger partial charge in [0.25, 0.3) is 10.0 Å². The van der Waals surface area contributed by atoms with E-state index in [2.05, 4.69) is 30.2 Å². The molecule has 0 bridgehead atoms. The number of sulfonamides is 1. The quantitative estimate of drug-likeness (QED) is 0.241. The molecule has 3 heterocycles. The van der Waals surface area contributed by atoms with E-state index in [1.807, 2.05) is 47.0 Å². The predicted molar refractivity (Wildman–Crippen MR) is 153 cm³/mol. The molecule has 0 atom stereocenters. The van der Waals surface area contributed by atoms with Crippen LogP contribution >= 0.6 is 24.2 Å². The van der Waals surface area contributed by atoms with Gasteiger partial charge in [0.1, 0.15) is 5.82 Å². The molecule has 0 spiro atoms. The summed E-state index contributed by atoms with van der Waals surface area (Å²) < 4.78 is 29.5. The highest BCUT2D eigenvalue weighted by atomic mass is 35.5. The largest absolute Gasteiger partial charge is 0.325 e. The van der Waals surface area contributed by atoms with Crippen LogP contribution in [-0.2, 0) is 14.8 Å². The van der Waals surface area contributed by atoms with Crippen LogP contribution in [0.3, 0.4) is 0 Å². The maximum Gasteiger partial charge on any atom is 0.263 e. The molecule has 198 valence electrons. The van der Waals surface area contributed by atoms with Crippen molar-refractivity contribution < 1.29 is 13.2 Å². The third kappa shape index (κ3) is 6.79. The van der Waals surface area contributed by atoms with Crippen LogP contribution in [0, 0.1) is 0 Å². The molecule has 0 fully saturated rings. The summed E-state index contributed by atoms with van der Waals surface area (Å²) in [5.74, 6) is 0.627. The van der Waals surface area contributed by atoms with Gasteiger partial charge in [-0.25, -0.2) is 13.4 Å². The lowest BCUT2D eigenvalue weighted by Gasteiger charge is -2.11. The lowest BCUT2D eigenvalue weighted by molar-refractivity contribution is -0.113. The molecule has 2 N–H and O–H groups in total. The fourth-order valence-electron chi connectivity index (χ4n) is 3.52. The summed E-state index contributed by atoms with van der Waals surface area (Å²) in [6, 6.07) is 24.2. The van der Waals surface area contributed by atoms with E-state index in [-0.39, 0.29) is 34.8 Å². The second-order valence-electron chi connectivity index (χ2n) is 7.90. The topological polar surface area (TPSA) is 132 Å². The number of rotatable bonds is 9. The second kappa shape index (κ2) is 12.5. The number of para-hydroxylation sites is 1. The Morgan fingerprint density at radius 2 is 1.64 bits per heavy atom. The minimum Gasteiger partial charge on any atom is -0.325 e. The first-order valence-corrected chi connectivity index (χ1v) is 13.8. The molecule has 0 unspecified atom stereocenters. The number of nitrogens with one attached hydrogen (secondary N) is 2. The van der Waals surface area contributed by atoms with E-state index in [0.29, 0.717) is 16.7 Å². The van der Waals surface area contributed by atoms with E-state index in [1.54, 1.807) is 30.6 Å². The van der Waals surface area contributed by atoms with Crippen LogP contribution < -0.4 is 10.0 Å². The molecule has 2 aromatic carbocycles. The first-order chi connectivity index (χ1) is 18.5. The van der Waals surface area contributed by atoms with Gasteiger partial charge in [0.2, 0.25) is 5.91 Å². The zero-order valence-electron chi connectivity index (χ0n) is 20.2. The highest BCUT2D eigenvalue weighted by Crippen LogP contribution is 2.27. The molecule has 10 nitrogen and oxygen atoms in total. The van der Waals surface area contributed by atoms with Crippen molar-refractivity contribution >= 4 is 51.6 Å². The second-order valence-corrected chi connectivity index (χ2v) is 10.5. The number of nitrogens with zero attached hydrogens (tertiary/aromatic N) is 5.